The van der Waals surface area contributed by atoms with Crippen LogP contribution in [0.5, 0.6) is 5.75 Å². The molecule has 0 aliphatic carbocycles. The highest BCUT2D eigenvalue weighted by atomic mass is 32.2. The number of hydrogen-bond acceptors (Lipinski definition) is 3. The van der Waals surface area contributed by atoms with Crippen LogP contribution in [0, 0.1) is 0 Å². The van der Waals surface area contributed by atoms with Crippen LogP contribution in [-0.4, -0.2) is 18.8 Å². The Hall–Kier alpha value is -1.94. The SMILES string of the molecule is CCOc1ccccc1C(=O)NCc1ccc(SC)cc1. The number of carbonyl (C=O) groups excluding carboxylic acids is 1. The normalized spacial score (nSPS) is 10.2. The van der Waals surface area contributed by atoms with Gasteiger partial charge in [0.2, 0.25) is 0 Å². The van der Waals surface area contributed by atoms with E-state index in [1.165, 1.54) is 4.90 Å². The molecule has 2 aromatic rings. The molecular formula is C17H19NO2S. The van der Waals surface area contributed by atoms with E-state index < -0.39 is 0 Å². The van der Waals surface area contributed by atoms with Gasteiger partial charge in [-0.3, -0.25) is 4.79 Å². The van der Waals surface area contributed by atoms with Gasteiger partial charge in [0.15, 0.2) is 0 Å². The van der Waals surface area contributed by atoms with Gasteiger partial charge in [0, 0.05) is 11.4 Å². The average Bonchev–Trinajstić information content (AvgIpc) is 2.54. The van der Waals surface area contributed by atoms with Gasteiger partial charge in [-0.2, -0.15) is 0 Å². The van der Waals surface area contributed by atoms with Crippen molar-refractivity contribution in [3.05, 3.63) is 59.7 Å². The van der Waals surface area contributed by atoms with Crippen molar-refractivity contribution in [2.24, 2.45) is 0 Å². The second-order valence-corrected chi connectivity index (χ2v) is 5.34. The fourth-order valence-corrected chi connectivity index (χ4v) is 2.36. The maximum absolute atomic E-state index is 12.2. The molecule has 4 heteroatoms. The van der Waals surface area contributed by atoms with Crippen LogP contribution in [0.2, 0.25) is 0 Å². The van der Waals surface area contributed by atoms with Crippen LogP contribution in [0.25, 0.3) is 0 Å². The summed E-state index contributed by atoms with van der Waals surface area (Å²) < 4.78 is 5.48. The van der Waals surface area contributed by atoms with Crippen molar-refractivity contribution in [1.29, 1.82) is 0 Å². The minimum absolute atomic E-state index is 0.118. The Balaban J connectivity index is 2.01. The first-order valence-electron chi connectivity index (χ1n) is 6.87. The molecule has 0 atom stereocenters. The van der Waals surface area contributed by atoms with Crippen molar-refractivity contribution in [3.63, 3.8) is 0 Å². The zero-order valence-corrected chi connectivity index (χ0v) is 13.1. The molecule has 110 valence electrons. The summed E-state index contributed by atoms with van der Waals surface area (Å²) in [5.41, 5.74) is 1.65. The molecule has 1 amide bonds. The maximum Gasteiger partial charge on any atom is 0.255 e. The van der Waals surface area contributed by atoms with Gasteiger partial charge in [-0.15, -0.1) is 11.8 Å². The first-order chi connectivity index (χ1) is 10.2. The van der Waals surface area contributed by atoms with Gasteiger partial charge in [0.05, 0.1) is 12.2 Å². The van der Waals surface area contributed by atoms with Gasteiger partial charge in [0.25, 0.3) is 5.91 Å². The standard InChI is InChI=1S/C17H19NO2S/c1-3-20-16-7-5-4-6-15(16)17(19)18-12-13-8-10-14(21-2)11-9-13/h4-11H,3,12H2,1-2H3,(H,18,19). The molecule has 0 aliphatic rings. The predicted molar refractivity (Wildman–Crippen MR) is 87.0 cm³/mol. The number of nitrogens with one attached hydrogen (secondary N) is 1. The van der Waals surface area contributed by atoms with Crippen LogP contribution in [-0.2, 0) is 6.54 Å². The summed E-state index contributed by atoms with van der Waals surface area (Å²) in [5.74, 6) is 0.503. The maximum atomic E-state index is 12.2. The summed E-state index contributed by atoms with van der Waals surface area (Å²) in [6.07, 6.45) is 2.04. The molecular weight excluding hydrogens is 282 g/mol. The van der Waals surface area contributed by atoms with Crippen LogP contribution in [0.1, 0.15) is 22.8 Å². The highest BCUT2D eigenvalue weighted by molar-refractivity contribution is 7.98. The molecule has 21 heavy (non-hydrogen) atoms. The van der Waals surface area contributed by atoms with Crippen molar-refractivity contribution in [2.45, 2.75) is 18.4 Å². The lowest BCUT2D eigenvalue weighted by Gasteiger charge is -2.10. The second-order valence-electron chi connectivity index (χ2n) is 4.46. The number of amides is 1. The Kier molecular flexibility index (Phi) is 5.69. The summed E-state index contributed by atoms with van der Waals surface area (Å²) in [5, 5.41) is 2.93. The highest BCUT2D eigenvalue weighted by Crippen LogP contribution is 2.18. The first kappa shape index (κ1) is 15.4. The Bertz CT molecular complexity index is 596. The molecule has 0 saturated carbocycles. The minimum atomic E-state index is -0.118. The lowest BCUT2D eigenvalue weighted by molar-refractivity contribution is 0.0947. The zero-order valence-electron chi connectivity index (χ0n) is 12.3. The van der Waals surface area contributed by atoms with E-state index in [0.29, 0.717) is 24.5 Å². The summed E-state index contributed by atoms with van der Waals surface area (Å²) in [4.78, 5) is 13.5. The fourth-order valence-electron chi connectivity index (χ4n) is 1.96. The minimum Gasteiger partial charge on any atom is -0.493 e. The van der Waals surface area contributed by atoms with Crippen LogP contribution < -0.4 is 10.1 Å². The molecule has 0 fully saturated rings. The molecule has 0 saturated heterocycles. The van der Waals surface area contributed by atoms with Crippen LogP contribution in [0.3, 0.4) is 0 Å². The number of hydrogen-bond donors (Lipinski definition) is 1. The Labute approximate surface area is 129 Å². The predicted octanol–water partition coefficient (Wildman–Crippen LogP) is 3.74. The van der Waals surface area contributed by atoms with Crippen molar-refractivity contribution in [1.82, 2.24) is 5.32 Å². The number of para-hydroxylation sites is 1. The third-order valence-corrected chi connectivity index (χ3v) is 3.79. The zero-order chi connectivity index (χ0) is 15.1. The Morgan fingerprint density at radius 3 is 2.52 bits per heavy atom. The summed E-state index contributed by atoms with van der Waals surface area (Å²) in [6.45, 7) is 2.95. The topological polar surface area (TPSA) is 38.3 Å². The average molecular weight is 301 g/mol. The van der Waals surface area contributed by atoms with Gasteiger partial charge in [-0.1, -0.05) is 24.3 Å². The lowest BCUT2D eigenvalue weighted by atomic mass is 10.1. The van der Waals surface area contributed by atoms with Gasteiger partial charge >= 0.3 is 0 Å². The molecule has 0 radical (unpaired) electrons. The number of rotatable bonds is 6. The van der Waals surface area contributed by atoms with E-state index in [1.54, 1.807) is 17.8 Å². The first-order valence-corrected chi connectivity index (χ1v) is 8.10. The van der Waals surface area contributed by atoms with E-state index in [0.717, 1.165) is 5.56 Å². The monoisotopic (exact) mass is 301 g/mol. The van der Waals surface area contributed by atoms with Crippen LogP contribution in [0.4, 0.5) is 0 Å². The molecule has 0 aliphatic heterocycles. The molecule has 0 spiro atoms. The second kappa shape index (κ2) is 7.74. The van der Waals surface area contributed by atoms with Crippen molar-refractivity contribution < 1.29 is 9.53 Å². The number of thioether (sulfide) groups is 1. The Morgan fingerprint density at radius 2 is 1.86 bits per heavy atom. The third kappa shape index (κ3) is 4.26. The van der Waals surface area contributed by atoms with Crippen LogP contribution in [0.15, 0.2) is 53.4 Å². The van der Waals surface area contributed by atoms with E-state index in [2.05, 4.69) is 17.4 Å². The fraction of sp³-hybridized carbons (Fsp3) is 0.235. The third-order valence-electron chi connectivity index (χ3n) is 3.04. The smallest absolute Gasteiger partial charge is 0.255 e. The molecule has 2 rings (SSSR count). The molecule has 0 bridgehead atoms. The van der Waals surface area contributed by atoms with Gasteiger partial charge in [-0.05, 0) is 43.0 Å². The molecule has 0 aromatic heterocycles. The number of carbonyl (C=O) groups is 1. The van der Waals surface area contributed by atoms with E-state index in [9.17, 15) is 4.79 Å². The highest BCUT2D eigenvalue weighted by Gasteiger charge is 2.11. The van der Waals surface area contributed by atoms with E-state index in [4.69, 9.17) is 4.74 Å². The van der Waals surface area contributed by atoms with Gasteiger partial charge in [0.1, 0.15) is 5.75 Å². The molecule has 2 aromatic carbocycles. The van der Waals surface area contributed by atoms with E-state index >= 15 is 0 Å². The van der Waals surface area contributed by atoms with Crippen molar-refractivity contribution >= 4 is 17.7 Å². The van der Waals surface area contributed by atoms with Crippen molar-refractivity contribution in [3.8, 4) is 5.75 Å². The summed E-state index contributed by atoms with van der Waals surface area (Å²) in [7, 11) is 0. The summed E-state index contributed by atoms with van der Waals surface area (Å²) >= 11 is 1.70. The van der Waals surface area contributed by atoms with Gasteiger partial charge in [-0.25, -0.2) is 0 Å². The molecule has 0 heterocycles. The molecule has 1 N–H and O–H groups in total. The number of benzene rings is 2. The number of ether oxygens (including phenoxy) is 1. The molecule has 0 unspecified atom stereocenters. The molecule has 3 nitrogen and oxygen atoms in total. The van der Waals surface area contributed by atoms with E-state index in [-0.39, 0.29) is 5.91 Å². The van der Waals surface area contributed by atoms with Gasteiger partial charge < -0.3 is 10.1 Å². The van der Waals surface area contributed by atoms with Crippen molar-refractivity contribution in [2.75, 3.05) is 12.9 Å². The van der Waals surface area contributed by atoms with Crippen LogP contribution >= 0.6 is 11.8 Å². The lowest BCUT2D eigenvalue weighted by Crippen LogP contribution is -2.23. The largest absolute Gasteiger partial charge is 0.493 e. The van der Waals surface area contributed by atoms with E-state index in [1.807, 2.05) is 43.5 Å². The Morgan fingerprint density at radius 1 is 1.14 bits per heavy atom. The quantitative estimate of drug-likeness (QED) is 0.826. The summed E-state index contributed by atoms with van der Waals surface area (Å²) in [6, 6.07) is 15.5.